The number of hydrogen-bond acceptors (Lipinski definition) is 5. The molecule has 0 aromatic rings. The van der Waals surface area contributed by atoms with Crippen molar-refractivity contribution in [3.63, 3.8) is 0 Å². The molecule has 0 fully saturated rings. The molecule has 0 aromatic carbocycles. The number of nitrogens with one attached hydrogen (secondary N) is 1. The maximum atomic E-state index is 10.4. The highest BCUT2D eigenvalue weighted by Gasteiger charge is 2.09. The minimum absolute atomic E-state index is 0.368. The third-order valence-corrected chi connectivity index (χ3v) is 0.953. The molecule has 0 saturated carbocycles. The van der Waals surface area contributed by atoms with Gasteiger partial charge in [0.1, 0.15) is 6.54 Å². The average Bonchev–Trinajstić information content (AvgIpc) is 2.04. The van der Waals surface area contributed by atoms with E-state index in [4.69, 9.17) is 5.11 Å². The predicted molar refractivity (Wildman–Crippen MR) is 36.9 cm³/mol. The monoisotopic (exact) mass is 173 g/mol. The van der Waals surface area contributed by atoms with Crippen LogP contribution in [0.2, 0.25) is 0 Å². The molecule has 0 saturated heterocycles. The number of carbonyl (C=O) groups excluding carboxylic acids is 2. The van der Waals surface area contributed by atoms with Crippen molar-refractivity contribution in [2.24, 2.45) is 0 Å². The second-order valence-electron chi connectivity index (χ2n) is 1.71. The molecule has 0 radical (unpaired) electrons. The summed E-state index contributed by atoms with van der Waals surface area (Å²) in [4.78, 5) is 30.4. The summed E-state index contributed by atoms with van der Waals surface area (Å²) in [5.74, 6) is -0.998. The van der Waals surface area contributed by atoms with E-state index in [1.807, 2.05) is 5.32 Å². The Bertz CT molecular complexity index is 240. The second-order valence-corrected chi connectivity index (χ2v) is 1.71. The molecule has 0 aromatic heterocycles. The number of carboxylic acid groups (broad SMARTS) is 1. The number of rotatable bonds is 4. The van der Waals surface area contributed by atoms with E-state index in [0.29, 0.717) is 0 Å². The topological polar surface area (TPSA) is 92.7 Å². The molecular weight excluding hydrogens is 166 g/mol. The quantitative estimate of drug-likeness (QED) is 0.307. The van der Waals surface area contributed by atoms with Gasteiger partial charge >= 0.3 is 11.9 Å². The third-order valence-electron chi connectivity index (χ3n) is 0.953. The van der Waals surface area contributed by atoms with E-state index < -0.39 is 17.6 Å². The lowest BCUT2D eigenvalue weighted by atomic mass is 10.5. The first-order valence-electron chi connectivity index (χ1n) is 2.91. The van der Waals surface area contributed by atoms with Crippen molar-refractivity contribution in [1.29, 1.82) is 0 Å². The normalized spacial score (nSPS) is 8.08. The Hall–Kier alpha value is -1.81. The zero-order chi connectivity index (χ0) is 9.56. The largest absolute Gasteiger partial charge is 0.476 e. The Morgan fingerprint density at radius 3 is 2.50 bits per heavy atom. The van der Waals surface area contributed by atoms with E-state index in [0.717, 1.165) is 13.1 Å². The second kappa shape index (κ2) is 4.92. The van der Waals surface area contributed by atoms with Crippen LogP contribution in [-0.2, 0) is 19.1 Å². The Morgan fingerprint density at radius 1 is 1.58 bits per heavy atom. The molecule has 0 aliphatic heterocycles. The molecule has 0 amide bonds. The number of esters is 1. The smallest absolute Gasteiger partial charge is 0.363 e. The number of ether oxygens (including phenoxy) is 1. The first kappa shape index (κ1) is 10.2. The summed E-state index contributed by atoms with van der Waals surface area (Å²) in [6.45, 7) is -0.368. The molecule has 0 heterocycles. The van der Waals surface area contributed by atoms with E-state index in [9.17, 15) is 14.4 Å². The minimum atomic E-state index is -1.46. The standard InChI is InChI=1S/C6H7NO5/c1-12-5(9)2-7-4(3-8)6(10)11/h7H,2H2,1H3,(H,10,11). The van der Waals surface area contributed by atoms with Crippen LogP contribution in [0.25, 0.3) is 0 Å². The molecule has 66 valence electrons. The fourth-order valence-corrected chi connectivity index (χ4v) is 0.388. The van der Waals surface area contributed by atoms with E-state index in [1.54, 1.807) is 0 Å². The molecule has 0 spiro atoms. The van der Waals surface area contributed by atoms with Crippen LogP contribution in [0.3, 0.4) is 0 Å². The van der Waals surface area contributed by atoms with Gasteiger partial charge in [-0.3, -0.25) is 4.79 Å². The van der Waals surface area contributed by atoms with E-state index in [2.05, 4.69) is 4.74 Å². The summed E-state index contributed by atoms with van der Waals surface area (Å²) in [7, 11) is 1.15. The molecular formula is C6H7NO5. The van der Waals surface area contributed by atoms with Gasteiger partial charge in [0, 0.05) is 0 Å². The number of carboxylic acids is 1. The van der Waals surface area contributed by atoms with E-state index in [1.165, 1.54) is 0 Å². The van der Waals surface area contributed by atoms with E-state index >= 15 is 0 Å². The summed E-state index contributed by atoms with van der Waals surface area (Å²) in [5.41, 5.74) is -0.694. The fraction of sp³-hybridized carbons (Fsp3) is 0.333. The maximum Gasteiger partial charge on any atom is 0.363 e. The summed E-state index contributed by atoms with van der Waals surface area (Å²) in [6.07, 6.45) is 0. The average molecular weight is 173 g/mol. The summed E-state index contributed by atoms with van der Waals surface area (Å²) < 4.78 is 4.19. The number of carbonyl (C=O) groups is 2. The van der Waals surface area contributed by atoms with Crippen LogP contribution >= 0.6 is 0 Å². The molecule has 0 aliphatic rings. The van der Waals surface area contributed by atoms with Gasteiger partial charge in [0.05, 0.1) is 7.11 Å². The Balaban J connectivity index is 4.00. The molecule has 12 heavy (non-hydrogen) atoms. The van der Waals surface area contributed by atoms with Crippen molar-refractivity contribution >= 4 is 17.9 Å². The summed E-state index contributed by atoms with van der Waals surface area (Å²) in [5, 5.41) is 10.3. The van der Waals surface area contributed by atoms with Crippen LogP contribution < -0.4 is 5.32 Å². The molecule has 0 bridgehead atoms. The Kier molecular flexibility index (Phi) is 4.18. The fourth-order valence-electron chi connectivity index (χ4n) is 0.388. The van der Waals surface area contributed by atoms with Crippen LogP contribution in [0.1, 0.15) is 0 Å². The molecule has 0 rings (SSSR count). The van der Waals surface area contributed by atoms with Crippen LogP contribution in [0.5, 0.6) is 0 Å². The minimum Gasteiger partial charge on any atom is -0.476 e. The van der Waals surface area contributed by atoms with Gasteiger partial charge in [-0.15, -0.1) is 0 Å². The first-order chi connectivity index (χ1) is 5.61. The van der Waals surface area contributed by atoms with Crippen LogP contribution in [0, 0.1) is 0 Å². The van der Waals surface area contributed by atoms with Gasteiger partial charge in [0.2, 0.25) is 5.70 Å². The summed E-state index contributed by atoms with van der Waals surface area (Å²) >= 11 is 0. The number of aliphatic carboxylic acids is 1. The molecule has 6 nitrogen and oxygen atoms in total. The molecule has 2 N–H and O–H groups in total. The van der Waals surface area contributed by atoms with Gasteiger partial charge < -0.3 is 15.2 Å². The molecule has 0 unspecified atom stereocenters. The lowest BCUT2D eigenvalue weighted by Gasteiger charge is -2.00. The van der Waals surface area contributed by atoms with Crippen molar-refractivity contribution in [2.75, 3.05) is 13.7 Å². The molecule has 0 atom stereocenters. The summed E-state index contributed by atoms with van der Waals surface area (Å²) in [6, 6.07) is 0. The lowest BCUT2D eigenvalue weighted by molar-refractivity contribution is -0.139. The van der Waals surface area contributed by atoms with Gasteiger partial charge in [-0.2, -0.15) is 0 Å². The third kappa shape index (κ3) is 3.38. The van der Waals surface area contributed by atoms with Crippen molar-refractivity contribution in [1.82, 2.24) is 5.32 Å². The van der Waals surface area contributed by atoms with Crippen LogP contribution in [-0.4, -0.2) is 36.6 Å². The first-order valence-corrected chi connectivity index (χ1v) is 2.91. The van der Waals surface area contributed by atoms with Crippen molar-refractivity contribution in [3.05, 3.63) is 5.70 Å². The SMILES string of the molecule is COC(=O)CNC(=C=O)C(=O)O. The van der Waals surface area contributed by atoms with Crippen molar-refractivity contribution in [2.45, 2.75) is 0 Å². The zero-order valence-corrected chi connectivity index (χ0v) is 6.29. The Morgan fingerprint density at radius 2 is 2.17 bits per heavy atom. The maximum absolute atomic E-state index is 10.4. The predicted octanol–water partition coefficient (Wildman–Crippen LogP) is -1.45. The van der Waals surface area contributed by atoms with Crippen molar-refractivity contribution < 1.29 is 24.2 Å². The molecule has 0 aliphatic carbocycles. The van der Waals surface area contributed by atoms with Gasteiger partial charge in [-0.25, -0.2) is 9.59 Å². The van der Waals surface area contributed by atoms with Crippen LogP contribution in [0.4, 0.5) is 0 Å². The molecule has 6 heteroatoms. The van der Waals surface area contributed by atoms with Gasteiger partial charge in [0.15, 0.2) is 5.94 Å². The highest BCUT2D eigenvalue weighted by Crippen LogP contribution is 1.81. The van der Waals surface area contributed by atoms with Crippen LogP contribution in [0.15, 0.2) is 5.70 Å². The van der Waals surface area contributed by atoms with Gasteiger partial charge in [-0.1, -0.05) is 0 Å². The van der Waals surface area contributed by atoms with Crippen molar-refractivity contribution in [3.8, 4) is 0 Å². The lowest BCUT2D eigenvalue weighted by Crippen LogP contribution is -2.27. The van der Waals surface area contributed by atoms with E-state index in [-0.39, 0.29) is 6.54 Å². The highest BCUT2D eigenvalue weighted by atomic mass is 16.5. The highest BCUT2D eigenvalue weighted by molar-refractivity contribution is 5.95. The Labute approximate surface area is 67.8 Å². The van der Waals surface area contributed by atoms with Gasteiger partial charge in [-0.05, 0) is 0 Å². The zero-order valence-electron chi connectivity index (χ0n) is 6.29. The van der Waals surface area contributed by atoms with Gasteiger partial charge in [0.25, 0.3) is 0 Å². The number of hydrogen-bond donors (Lipinski definition) is 2. The number of methoxy groups -OCH3 is 1.